The zero-order valence-corrected chi connectivity index (χ0v) is 20.7. The molecule has 0 radical (unpaired) electrons. The molecular formula is C25H27F3N8O. The highest BCUT2D eigenvalue weighted by atomic mass is 19.4. The van der Waals surface area contributed by atoms with Gasteiger partial charge < -0.3 is 19.9 Å². The molecule has 1 saturated heterocycles. The van der Waals surface area contributed by atoms with Gasteiger partial charge in [0.15, 0.2) is 11.5 Å². The van der Waals surface area contributed by atoms with E-state index in [2.05, 4.69) is 29.8 Å². The van der Waals surface area contributed by atoms with Gasteiger partial charge in [0.1, 0.15) is 12.0 Å². The maximum atomic E-state index is 13.1. The van der Waals surface area contributed by atoms with Crippen LogP contribution in [0.3, 0.4) is 0 Å². The molecule has 3 aromatic heterocycles. The number of rotatable bonds is 5. The van der Waals surface area contributed by atoms with Crippen molar-refractivity contribution in [2.45, 2.75) is 31.4 Å². The SMILES string of the molecule is CN=C1CCN(c2ccc(-c3nc(C(F)(F)F)cn3C)nc2)C/C1=C(/N)c1c(OC)ncnc1C1CC1. The van der Waals surface area contributed by atoms with Gasteiger partial charge in [-0.3, -0.25) is 9.98 Å². The Bertz CT molecular complexity index is 1370. The second kappa shape index (κ2) is 9.49. The standard InChI is InChI=1S/C25H27F3N8O/c1-30-17-8-9-36(11-16(17)21(29)20-22(14-4-5-14)32-13-33-24(20)37-3)15-6-7-18(31-10-15)23-34-19(12-35(23)2)25(26,27)28/h6-7,10,12-14H,4-5,8-9,11,29H2,1-3H3/b21-16-,30-17?. The van der Waals surface area contributed by atoms with E-state index in [4.69, 9.17) is 10.5 Å². The number of pyridine rings is 1. The molecule has 0 spiro atoms. The number of methoxy groups -OCH3 is 1. The maximum Gasteiger partial charge on any atom is 0.434 e. The van der Waals surface area contributed by atoms with E-state index in [9.17, 15) is 13.2 Å². The topological polar surface area (TPSA) is 107 Å². The number of nitrogens with two attached hydrogens (primary N) is 1. The van der Waals surface area contributed by atoms with E-state index in [1.54, 1.807) is 26.4 Å². The largest absolute Gasteiger partial charge is 0.480 e. The van der Waals surface area contributed by atoms with Gasteiger partial charge in [0.2, 0.25) is 5.88 Å². The fraction of sp³-hybridized carbons (Fsp3) is 0.400. The van der Waals surface area contributed by atoms with Crippen molar-refractivity contribution >= 4 is 17.1 Å². The van der Waals surface area contributed by atoms with Crippen LogP contribution in [-0.4, -0.2) is 57.5 Å². The van der Waals surface area contributed by atoms with Crippen LogP contribution in [0, 0.1) is 0 Å². The molecule has 9 nitrogen and oxygen atoms in total. The predicted octanol–water partition coefficient (Wildman–Crippen LogP) is 3.83. The first-order valence-corrected chi connectivity index (χ1v) is 11.9. The number of hydrogen-bond acceptors (Lipinski definition) is 8. The summed E-state index contributed by atoms with van der Waals surface area (Å²) in [6.45, 7) is 1.16. The average Bonchev–Trinajstić information content (AvgIpc) is 3.67. The fourth-order valence-electron chi connectivity index (χ4n) is 4.61. The van der Waals surface area contributed by atoms with E-state index < -0.39 is 11.9 Å². The van der Waals surface area contributed by atoms with Crippen LogP contribution >= 0.6 is 0 Å². The Morgan fingerprint density at radius 1 is 1.19 bits per heavy atom. The van der Waals surface area contributed by atoms with Crippen LogP contribution in [0.5, 0.6) is 5.88 Å². The predicted molar refractivity (Wildman–Crippen MR) is 133 cm³/mol. The van der Waals surface area contributed by atoms with Crippen LogP contribution in [0.1, 0.15) is 42.1 Å². The summed E-state index contributed by atoms with van der Waals surface area (Å²) in [6.07, 6.45) is 2.35. The van der Waals surface area contributed by atoms with Crippen molar-refractivity contribution in [1.29, 1.82) is 0 Å². The first kappa shape index (κ1) is 24.7. The number of anilines is 1. The van der Waals surface area contributed by atoms with Gasteiger partial charge in [-0.15, -0.1) is 0 Å². The van der Waals surface area contributed by atoms with Crippen molar-refractivity contribution < 1.29 is 17.9 Å². The Kier molecular flexibility index (Phi) is 6.34. The zero-order valence-electron chi connectivity index (χ0n) is 20.7. The van der Waals surface area contributed by atoms with Gasteiger partial charge in [0.05, 0.1) is 35.9 Å². The van der Waals surface area contributed by atoms with Crippen LogP contribution in [0.4, 0.5) is 18.9 Å². The van der Waals surface area contributed by atoms with Gasteiger partial charge in [-0.1, -0.05) is 0 Å². The minimum atomic E-state index is -4.52. The van der Waals surface area contributed by atoms with Crippen molar-refractivity contribution in [3.63, 3.8) is 0 Å². The molecule has 0 amide bonds. The molecule has 4 heterocycles. The van der Waals surface area contributed by atoms with E-state index in [0.717, 1.165) is 41.7 Å². The molecule has 1 aliphatic heterocycles. The third-order valence-electron chi connectivity index (χ3n) is 6.69. The average molecular weight is 513 g/mol. The number of hydrogen-bond donors (Lipinski definition) is 1. The molecule has 1 saturated carbocycles. The smallest absolute Gasteiger partial charge is 0.434 e. The molecule has 2 N–H and O–H groups in total. The highest BCUT2D eigenvalue weighted by Gasteiger charge is 2.35. The van der Waals surface area contributed by atoms with Crippen molar-refractivity contribution in [2.24, 2.45) is 17.8 Å². The number of ether oxygens (including phenoxy) is 1. The van der Waals surface area contributed by atoms with E-state index >= 15 is 0 Å². The molecule has 12 heteroatoms. The highest BCUT2D eigenvalue weighted by molar-refractivity contribution is 6.08. The van der Waals surface area contributed by atoms with Gasteiger partial charge in [0, 0.05) is 57.0 Å². The summed E-state index contributed by atoms with van der Waals surface area (Å²) in [6, 6.07) is 3.50. The second-order valence-electron chi connectivity index (χ2n) is 9.11. The van der Waals surface area contributed by atoms with Crippen molar-refractivity contribution in [2.75, 3.05) is 32.1 Å². The number of halogens is 3. The minimum absolute atomic E-state index is 0.145. The van der Waals surface area contributed by atoms with Crippen LogP contribution in [0.2, 0.25) is 0 Å². The molecule has 0 aromatic carbocycles. The van der Waals surface area contributed by atoms with Crippen molar-refractivity contribution in [1.82, 2.24) is 24.5 Å². The number of imidazole rings is 1. The number of alkyl halides is 3. The third kappa shape index (κ3) is 4.75. The lowest BCUT2D eigenvalue weighted by Gasteiger charge is -2.32. The molecule has 2 fully saturated rings. The Balaban J connectivity index is 1.46. The van der Waals surface area contributed by atoms with Crippen molar-refractivity contribution in [3.8, 4) is 17.4 Å². The first-order valence-electron chi connectivity index (χ1n) is 11.9. The quantitative estimate of drug-likeness (QED) is 0.554. The number of nitrogens with zero attached hydrogens (tertiary/aromatic N) is 7. The molecule has 194 valence electrons. The lowest BCUT2D eigenvalue weighted by molar-refractivity contribution is -0.140. The monoisotopic (exact) mass is 512 g/mol. The lowest BCUT2D eigenvalue weighted by atomic mass is 9.95. The molecule has 0 bridgehead atoms. The molecule has 0 unspecified atom stereocenters. The summed E-state index contributed by atoms with van der Waals surface area (Å²) in [5.41, 5.74) is 10.9. The number of aliphatic imine (C=N–C) groups is 1. The molecule has 2 aliphatic rings. The molecule has 1 aliphatic carbocycles. The molecule has 37 heavy (non-hydrogen) atoms. The number of aryl methyl sites for hydroxylation is 1. The Morgan fingerprint density at radius 2 is 1.97 bits per heavy atom. The van der Waals surface area contributed by atoms with Crippen LogP contribution in [-0.2, 0) is 13.2 Å². The maximum absolute atomic E-state index is 13.1. The first-order chi connectivity index (χ1) is 17.7. The number of aromatic nitrogens is 5. The summed E-state index contributed by atoms with van der Waals surface area (Å²) < 4.78 is 46.1. The molecule has 0 atom stereocenters. The summed E-state index contributed by atoms with van der Waals surface area (Å²) >= 11 is 0. The summed E-state index contributed by atoms with van der Waals surface area (Å²) in [4.78, 5) is 23.5. The molecule has 3 aromatic rings. The van der Waals surface area contributed by atoms with E-state index in [1.165, 1.54) is 17.9 Å². The second-order valence-corrected chi connectivity index (χ2v) is 9.11. The Labute approximate surface area is 211 Å². The van der Waals surface area contributed by atoms with Crippen LogP contribution in [0.25, 0.3) is 17.2 Å². The van der Waals surface area contributed by atoms with E-state index in [-0.39, 0.29) is 5.82 Å². The number of piperidine rings is 1. The van der Waals surface area contributed by atoms with Crippen molar-refractivity contribution in [3.05, 3.63) is 53.4 Å². The Hall–Kier alpha value is -3.96. The van der Waals surface area contributed by atoms with E-state index in [1.807, 2.05) is 6.07 Å². The Morgan fingerprint density at radius 3 is 2.57 bits per heavy atom. The summed E-state index contributed by atoms with van der Waals surface area (Å²) in [7, 11) is 4.83. The van der Waals surface area contributed by atoms with Gasteiger partial charge in [0.25, 0.3) is 0 Å². The lowest BCUT2D eigenvalue weighted by Crippen LogP contribution is -2.37. The van der Waals surface area contributed by atoms with Gasteiger partial charge in [-0.05, 0) is 25.0 Å². The molecular weight excluding hydrogens is 485 g/mol. The van der Waals surface area contributed by atoms with Gasteiger partial charge in [-0.2, -0.15) is 13.2 Å². The highest BCUT2D eigenvalue weighted by Crippen LogP contribution is 2.44. The zero-order chi connectivity index (χ0) is 26.3. The minimum Gasteiger partial charge on any atom is -0.480 e. The van der Waals surface area contributed by atoms with Gasteiger partial charge in [-0.25, -0.2) is 15.0 Å². The van der Waals surface area contributed by atoms with Crippen LogP contribution < -0.4 is 15.4 Å². The summed E-state index contributed by atoms with van der Waals surface area (Å²) in [5, 5.41) is 0. The van der Waals surface area contributed by atoms with E-state index in [0.29, 0.717) is 48.3 Å². The fourth-order valence-corrected chi connectivity index (χ4v) is 4.61. The van der Waals surface area contributed by atoms with Gasteiger partial charge >= 0.3 is 6.18 Å². The molecule has 5 rings (SSSR count). The summed E-state index contributed by atoms with van der Waals surface area (Å²) in [5.74, 6) is 0.925. The third-order valence-corrected chi connectivity index (χ3v) is 6.69. The van der Waals surface area contributed by atoms with Crippen LogP contribution in [0.15, 0.2) is 41.4 Å². The normalized spacial score (nSPS) is 18.9.